The summed E-state index contributed by atoms with van der Waals surface area (Å²) in [5.41, 5.74) is 0.957. The third-order valence-electron chi connectivity index (χ3n) is 2.38. The molecule has 0 spiro atoms. The Morgan fingerprint density at radius 3 is 2.33 bits per heavy atom. The fourth-order valence-corrected chi connectivity index (χ4v) is 1.55. The van der Waals surface area contributed by atoms with Crippen LogP contribution in [0.3, 0.4) is 0 Å². The van der Waals surface area contributed by atoms with Crippen molar-refractivity contribution >= 4 is 12.1 Å². The summed E-state index contributed by atoms with van der Waals surface area (Å²) < 4.78 is 5.20. The Kier molecular flexibility index (Phi) is 5.17. The first-order valence-corrected chi connectivity index (χ1v) is 5.64. The molecule has 1 aromatic carbocycles. The van der Waals surface area contributed by atoms with Gasteiger partial charge in [-0.05, 0) is 5.56 Å². The first kappa shape index (κ1) is 14.0. The molecule has 0 fully saturated rings. The maximum Gasteiger partial charge on any atom is 0.416 e. The zero-order valence-electron chi connectivity index (χ0n) is 11.3. The van der Waals surface area contributed by atoms with Crippen molar-refractivity contribution in [1.82, 2.24) is 9.80 Å². The lowest BCUT2D eigenvalue weighted by Gasteiger charge is -2.23. The van der Waals surface area contributed by atoms with Crippen LogP contribution in [0.1, 0.15) is 5.56 Å². The minimum atomic E-state index is -0.423. The van der Waals surface area contributed by atoms with Crippen LogP contribution in [0.2, 0.25) is 0 Å². The number of aliphatic imine (C=N–C) groups is 1. The SMILES string of the molecule is CN=C(N(C)C)N(C)C(=O)OCc1ccccc1. The molecule has 18 heavy (non-hydrogen) atoms. The Labute approximate surface area is 108 Å². The van der Waals surface area contributed by atoms with Crippen molar-refractivity contribution < 1.29 is 9.53 Å². The van der Waals surface area contributed by atoms with Crippen LogP contribution in [0.25, 0.3) is 0 Å². The zero-order chi connectivity index (χ0) is 13.5. The standard InChI is InChI=1S/C13H19N3O2/c1-14-12(15(2)3)16(4)13(17)18-10-11-8-6-5-7-9-11/h5-9H,10H2,1-4H3. The van der Waals surface area contributed by atoms with E-state index in [0.717, 1.165) is 5.56 Å². The van der Waals surface area contributed by atoms with Gasteiger partial charge in [0.25, 0.3) is 0 Å². The Hall–Kier alpha value is -2.04. The summed E-state index contributed by atoms with van der Waals surface area (Å²) in [5.74, 6) is 0.549. The lowest BCUT2D eigenvalue weighted by atomic mass is 10.2. The van der Waals surface area contributed by atoms with Gasteiger partial charge in [-0.15, -0.1) is 0 Å². The van der Waals surface area contributed by atoms with Crippen molar-refractivity contribution in [2.24, 2.45) is 4.99 Å². The van der Waals surface area contributed by atoms with Crippen molar-refractivity contribution in [3.05, 3.63) is 35.9 Å². The van der Waals surface area contributed by atoms with Gasteiger partial charge in [-0.3, -0.25) is 9.89 Å². The molecule has 0 radical (unpaired) electrons. The molecule has 1 amide bonds. The van der Waals surface area contributed by atoms with Crippen molar-refractivity contribution in [3.8, 4) is 0 Å². The van der Waals surface area contributed by atoms with Gasteiger partial charge in [-0.25, -0.2) is 4.79 Å². The number of hydrogen-bond donors (Lipinski definition) is 0. The average Bonchev–Trinajstić information content (AvgIpc) is 2.37. The van der Waals surface area contributed by atoms with E-state index in [9.17, 15) is 4.79 Å². The molecule has 0 saturated heterocycles. The number of nitrogens with zero attached hydrogens (tertiary/aromatic N) is 3. The van der Waals surface area contributed by atoms with Crippen LogP contribution in [0.15, 0.2) is 35.3 Å². The molecule has 98 valence electrons. The van der Waals surface area contributed by atoms with Gasteiger partial charge in [0, 0.05) is 28.2 Å². The van der Waals surface area contributed by atoms with Crippen LogP contribution in [0.5, 0.6) is 0 Å². The van der Waals surface area contributed by atoms with Crippen LogP contribution in [0.4, 0.5) is 4.79 Å². The van der Waals surface area contributed by atoms with Crippen molar-refractivity contribution in [3.63, 3.8) is 0 Å². The van der Waals surface area contributed by atoms with Crippen molar-refractivity contribution in [2.75, 3.05) is 28.2 Å². The van der Waals surface area contributed by atoms with Crippen LogP contribution in [-0.2, 0) is 11.3 Å². The summed E-state index contributed by atoms with van der Waals surface area (Å²) in [6, 6.07) is 9.56. The molecule has 0 saturated carbocycles. The van der Waals surface area contributed by atoms with Crippen molar-refractivity contribution in [2.45, 2.75) is 6.61 Å². The summed E-state index contributed by atoms with van der Waals surface area (Å²) in [6.45, 7) is 0.258. The minimum absolute atomic E-state index is 0.258. The van der Waals surface area contributed by atoms with E-state index >= 15 is 0 Å². The number of ether oxygens (including phenoxy) is 1. The number of guanidine groups is 1. The monoisotopic (exact) mass is 249 g/mol. The summed E-state index contributed by atoms with van der Waals surface area (Å²) in [6.07, 6.45) is -0.423. The fraction of sp³-hybridized carbons (Fsp3) is 0.385. The number of benzene rings is 1. The predicted molar refractivity (Wildman–Crippen MR) is 71.4 cm³/mol. The maximum atomic E-state index is 11.8. The molecule has 5 nitrogen and oxygen atoms in total. The summed E-state index contributed by atoms with van der Waals surface area (Å²) in [7, 11) is 6.92. The zero-order valence-corrected chi connectivity index (χ0v) is 11.3. The van der Waals surface area contributed by atoms with E-state index in [1.165, 1.54) is 4.90 Å². The molecule has 5 heteroatoms. The number of carbonyl (C=O) groups excluding carboxylic acids is 1. The second-order valence-corrected chi connectivity index (χ2v) is 4.02. The lowest BCUT2D eigenvalue weighted by Crippen LogP contribution is -2.41. The quantitative estimate of drug-likeness (QED) is 0.593. The lowest BCUT2D eigenvalue weighted by molar-refractivity contribution is 0.119. The van der Waals surface area contributed by atoms with Gasteiger partial charge in [0.05, 0.1) is 0 Å². The first-order valence-electron chi connectivity index (χ1n) is 5.64. The van der Waals surface area contributed by atoms with Gasteiger partial charge in [0.2, 0.25) is 5.96 Å². The van der Waals surface area contributed by atoms with E-state index < -0.39 is 6.09 Å². The molecular weight excluding hydrogens is 230 g/mol. The van der Waals surface area contributed by atoms with Gasteiger partial charge in [0.15, 0.2) is 0 Å². The van der Waals surface area contributed by atoms with E-state index in [1.54, 1.807) is 19.0 Å². The van der Waals surface area contributed by atoms with Gasteiger partial charge in [-0.2, -0.15) is 0 Å². The van der Waals surface area contributed by atoms with Gasteiger partial charge >= 0.3 is 6.09 Å². The van der Waals surface area contributed by atoms with E-state index in [-0.39, 0.29) is 6.61 Å². The number of rotatable bonds is 2. The van der Waals surface area contributed by atoms with Gasteiger partial charge in [0.1, 0.15) is 6.61 Å². The minimum Gasteiger partial charge on any atom is -0.444 e. The molecular formula is C13H19N3O2. The number of amides is 1. The molecule has 0 aliphatic carbocycles. The molecule has 0 aliphatic heterocycles. The van der Waals surface area contributed by atoms with Crippen molar-refractivity contribution in [1.29, 1.82) is 0 Å². The molecule has 0 heterocycles. The van der Waals surface area contributed by atoms with E-state index in [1.807, 2.05) is 44.4 Å². The molecule has 1 rings (SSSR count). The highest BCUT2D eigenvalue weighted by molar-refractivity contribution is 5.93. The highest BCUT2D eigenvalue weighted by Gasteiger charge is 2.17. The van der Waals surface area contributed by atoms with E-state index in [4.69, 9.17) is 4.74 Å². The molecule has 1 aromatic rings. The normalized spacial score (nSPS) is 11.0. The van der Waals surface area contributed by atoms with E-state index in [2.05, 4.69) is 4.99 Å². The number of hydrogen-bond acceptors (Lipinski definition) is 3. The smallest absolute Gasteiger partial charge is 0.416 e. The second kappa shape index (κ2) is 6.64. The maximum absolute atomic E-state index is 11.8. The summed E-state index contributed by atoms with van der Waals surface area (Å²) in [5, 5.41) is 0. The first-order chi connectivity index (χ1) is 8.56. The average molecular weight is 249 g/mol. The summed E-state index contributed by atoms with van der Waals surface area (Å²) in [4.78, 5) is 19.0. The summed E-state index contributed by atoms with van der Waals surface area (Å²) >= 11 is 0. The number of carbonyl (C=O) groups is 1. The highest BCUT2D eigenvalue weighted by Crippen LogP contribution is 2.03. The molecule has 0 aromatic heterocycles. The molecule has 0 aliphatic rings. The largest absolute Gasteiger partial charge is 0.444 e. The highest BCUT2D eigenvalue weighted by atomic mass is 16.6. The Bertz CT molecular complexity index is 416. The molecule has 0 bridgehead atoms. The van der Waals surface area contributed by atoms with Crippen LogP contribution in [-0.4, -0.2) is 50.0 Å². The topological polar surface area (TPSA) is 45.1 Å². The Morgan fingerprint density at radius 1 is 1.22 bits per heavy atom. The molecule has 0 unspecified atom stereocenters. The van der Waals surface area contributed by atoms with Gasteiger partial charge in [-0.1, -0.05) is 30.3 Å². The Morgan fingerprint density at radius 2 is 1.83 bits per heavy atom. The van der Waals surface area contributed by atoms with E-state index in [0.29, 0.717) is 5.96 Å². The van der Waals surface area contributed by atoms with Gasteiger partial charge < -0.3 is 9.64 Å². The molecule has 0 atom stereocenters. The van der Waals surface area contributed by atoms with Crippen LogP contribution in [0, 0.1) is 0 Å². The third kappa shape index (κ3) is 3.76. The third-order valence-corrected chi connectivity index (χ3v) is 2.38. The predicted octanol–water partition coefficient (Wildman–Crippen LogP) is 1.80. The Balaban J connectivity index is 2.56. The van der Waals surface area contributed by atoms with Crippen LogP contribution < -0.4 is 0 Å². The second-order valence-electron chi connectivity index (χ2n) is 4.02. The van der Waals surface area contributed by atoms with Crippen LogP contribution >= 0.6 is 0 Å². The molecule has 0 N–H and O–H groups in total. The fourth-order valence-electron chi connectivity index (χ4n) is 1.55.